The molecule has 0 aliphatic carbocycles. The van der Waals surface area contributed by atoms with Gasteiger partial charge in [-0.3, -0.25) is 0 Å². The van der Waals surface area contributed by atoms with E-state index in [1.807, 2.05) is 20.8 Å². The molecule has 0 rings (SSSR count). The third-order valence-electron chi connectivity index (χ3n) is 1.05. The van der Waals surface area contributed by atoms with E-state index in [2.05, 4.69) is 26.3 Å². The van der Waals surface area contributed by atoms with Gasteiger partial charge < -0.3 is 4.74 Å². The molecule has 0 bridgehead atoms. The van der Waals surface area contributed by atoms with Gasteiger partial charge in [0, 0.05) is 0 Å². The molecule has 0 radical (unpaired) electrons. The van der Waals surface area contributed by atoms with Gasteiger partial charge in [-0.1, -0.05) is 49.1 Å². The van der Waals surface area contributed by atoms with Gasteiger partial charge in [-0.2, -0.15) is 0 Å². The molecule has 0 aromatic carbocycles. The average molecular weight is 194 g/mol. The van der Waals surface area contributed by atoms with Crippen LogP contribution in [0.4, 0.5) is 0 Å². The van der Waals surface area contributed by atoms with Crippen LogP contribution in [0.5, 0.6) is 0 Å². The Hall–Kier alpha value is -1.08. The molecule has 0 saturated carbocycles. The lowest BCUT2D eigenvalue weighted by atomic mass is 10.3. The Balaban J connectivity index is 0. The van der Waals surface area contributed by atoms with Gasteiger partial charge in [-0.05, 0) is 20.8 Å². The molecule has 0 heterocycles. The van der Waals surface area contributed by atoms with Crippen LogP contribution in [-0.2, 0) is 4.74 Å². The van der Waals surface area contributed by atoms with E-state index in [1.165, 1.54) is 0 Å². The standard InChI is InChI=1S/C8H14O.C5H8/c1-7(2)5-9-6-8(3)4;1-4-5(2)3/h1,3,5-6H2,2,4H3;4H,1-2H2,3H3. The minimum absolute atomic E-state index is 0.646. The molecule has 0 aliphatic rings. The van der Waals surface area contributed by atoms with Crippen molar-refractivity contribution in [1.29, 1.82) is 0 Å². The first-order chi connectivity index (χ1) is 6.40. The maximum atomic E-state index is 5.16. The van der Waals surface area contributed by atoms with Gasteiger partial charge in [0.05, 0.1) is 13.2 Å². The quantitative estimate of drug-likeness (QED) is 0.476. The van der Waals surface area contributed by atoms with Gasteiger partial charge in [0.15, 0.2) is 0 Å². The Labute approximate surface area is 88.5 Å². The largest absolute Gasteiger partial charge is 0.373 e. The fourth-order valence-corrected chi connectivity index (χ4v) is 0.399. The van der Waals surface area contributed by atoms with Gasteiger partial charge in [0.25, 0.3) is 0 Å². The maximum absolute atomic E-state index is 5.16. The minimum atomic E-state index is 0.646. The number of ether oxygens (including phenoxy) is 1. The van der Waals surface area contributed by atoms with Crippen molar-refractivity contribution in [2.75, 3.05) is 13.2 Å². The van der Waals surface area contributed by atoms with Gasteiger partial charge in [-0.25, -0.2) is 0 Å². The molecule has 0 N–H and O–H groups in total. The van der Waals surface area contributed by atoms with E-state index in [0.29, 0.717) is 13.2 Å². The molecule has 14 heavy (non-hydrogen) atoms. The molecule has 0 aromatic rings. The minimum Gasteiger partial charge on any atom is -0.373 e. The monoisotopic (exact) mass is 194 g/mol. The molecule has 80 valence electrons. The number of allylic oxidation sites excluding steroid dienone is 2. The highest BCUT2D eigenvalue weighted by molar-refractivity contribution is 5.05. The van der Waals surface area contributed by atoms with Gasteiger partial charge in [-0.15, -0.1) is 0 Å². The smallest absolute Gasteiger partial charge is 0.0675 e. The van der Waals surface area contributed by atoms with Gasteiger partial charge >= 0.3 is 0 Å². The van der Waals surface area contributed by atoms with E-state index in [4.69, 9.17) is 4.74 Å². The van der Waals surface area contributed by atoms with Crippen molar-refractivity contribution >= 4 is 0 Å². The van der Waals surface area contributed by atoms with Crippen LogP contribution >= 0.6 is 0 Å². The third-order valence-corrected chi connectivity index (χ3v) is 1.05. The van der Waals surface area contributed by atoms with E-state index in [0.717, 1.165) is 16.7 Å². The topological polar surface area (TPSA) is 9.23 Å². The lowest BCUT2D eigenvalue weighted by Crippen LogP contribution is -1.96. The Kier molecular flexibility index (Phi) is 11.0. The van der Waals surface area contributed by atoms with Crippen molar-refractivity contribution in [1.82, 2.24) is 0 Å². The van der Waals surface area contributed by atoms with Crippen LogP contribution in [0.25, 0.3) is 0 Å². The summed E-state index contributed by atoms with van der Waals surface area (Å²) >= 11 is 0. The molecule has 0 spiro atoms. The molecule has 0 unspecified atom stereocenters. The van der Waals surface area contributed by atoms with Gasteiger partial charge in [0.2, 0.25) is 0 Å². The normalized spacial score (nSPS) is 8.21. The second kappa shape index (κ2) is 10.0. The first-order valence-corrected chi connectivity index (χ1v) is 4.54. The van der Waals surface area contributed by atoms with Crippen molar-refractivity contribution < 1.29 is 4.74 Å². The van der Waals surface area contributed by atoms with Crippen LogP contribution < -0.4 is 0 Å². The second-order valence-corrected chi connectivity index (χ2v) is 3.46. The zero-order valence-electron chi connectivity index (χ0n) is 9.73. The summed E-state index contributed by atoms with van der Waals surface area (Å²) in [6, 6.07) is 0. The van der Waals surface area contributed by atoms with E-state index < -0.39 is 0 Å². The summed E-state index contributed by atoms with van der Waals surface area (Å²) in [5.41, 5.74) is 3.12. The third kappa shape index (κ3) is 22.4. The Morgan fingerprint density at radius 3 is 1.43 bits per heavy atom. The molecule has 0 saturated heterocycles. The molecule has 0 aliphatic heterocycles. The molecule has 0 amide bonds. The number of hydrogen-bond donors (Lipinski definition) is 0. The first kappa shape index (κ1) is 15.4. The van der Waals surface area contributed by atoms with Crippen molar-refractivity contribution in [2.45, 2.75) is 20.8 Å². The predicted octanol–water partition coefficient (Wildman–Crippen LogP) is 3.90. The summed E-state index contributed by atoms with van der Waals surface area (Å²) in [6.45, 7) is 21.5. The van der Waals surface area contributed by atoms with Crippen LogP contribution in [0, 0.1) is 0 Å². The molecule has 1 heteroatoms. The summed E-state index contributed by atoms with van der Waals surface area (Å²) in [5, 5.41) is 0. The van der Waals surface area contributed by atoms with Gasteiger partial charge in [0.1, 0.15) is 0 Å². The van der Waals surface area contributed by atoms with Crippen LogP contribution in [0.3, 0.4) is 0 Å². The average Bonchev–Trinajstić information content (AvgIpc) is 2.04. The summed E-state index contributed by atoms with van der Waals surface area (Å²) in [6.07, 6.45) is 1.72. The Bertz CT molecular complexity index is 197. The van der Waals surface area contributed by atoms with Crippen LogP contribution in [0.2, 0.25) is 0 Å². The molecule has 0 fully saturated rings. The van der Waals surface area contributed by atoms with Crippen molar-refractivity contribution in [3.63, 3.8) is 0 Å². The van der Waals surface area contributed by atoms with E-state index in [-0.39, 0.29) is 0 Å². The lowest BCUT2D eigenvalue weighted by molar-refractivity contribution is 0.180. The maximum Gasteiger partial charge on any atom is 0.0675 e. The summed E-state index contributed by atoms with van der Waals surface area (Å²) in [5.74, 6) is 0. The molecule has 0 atom stereocenters. The summed E-state index contributed by atoms with van der Waals surface area (Å²) in [7, 11) is 0. The Morgan fingerprint density at radius 1 is 1.00 bits per heavy atom. The SMILES string of the molecule is C=C(C)COCC(=C)C.C=CC(=C)C. The lowest BCUT2D eigenvalue weighted by Gasteiger charge is -2.00. The molecular formula is C13H22O. The summed E-state index contributed by atoms with van der Waals surface area (Å²) in [4.78, 5) is 0. The molecular weight excluding hydrogens is 172 g/mol. The van der Waals surface area contributed by atoms with E-state index >= 15 is 0 Å². The Morgan fingerprint density at radius 2 is 1.29 bits per heavy atom. The van der Waals surface area contributed by atoms with Crippen molar-refractivity contribution in [2.24, 2.45) is 0 Å². The van der Waals surface area contributed by atoms with Crippen LogP contribution in [0.15, 0.2) is 49.1 Å². The van der Waals surface area contributed by atoms with Crippen LogP contribution in [0.1, 0.15) is 20.8 Å². The second-order valence-electron chi connectivity index (χ2n) is 3.46. The highest BCUT2D eigenvalue weighted by Gasteiger charge is 1.86. The van der Waals surface area contributed by atoms with Crippen molar-refractivity contribution in [3.8, 4) is 0 Å². The van der Waals surface area contributed by atoms with Crippen LogP contribution in [-0.4, -0.2) is 13.2 Å². The van der Waals surface area contributed by atoms with E-state index in [1.54, 1.807) is 6.08 Å². The zero-order chi connectivity index (χ0) is 11.6. The van der Waals surface area contributed by atoms with Crippen molar-refractivity contribution in [3.05, 3.63) is 49.1 Å². The highest BCUT2D eigenvalue weighted by atomic mass is 16.5. The fourth-order valence-electron chi connectivity index (χ4n) is 0.399. The van der Waals surface area contributed by atoms with E-state index in [9.17, 15) is 0 Å². The first-order valence-electron chi connectivity index (χ1n) is 4.54. The molecule has 1 nitrogen and oxygen atoms in total. The predicted molar refractivity (Wildman–Crippen MR) is 65.5 cm³/mol. The summed E-state index contributed by atoms with van der Waals surface area (Å²) < 4.78 is 5.16. The zero-order valence-corrected chi connectivity index (χ0v) is 9.73. The highest BCUT2D eigenvalue weighted by Crippen LogP contribution is 1.92. The number of rotatable bonds is 5. The fraction of sp³-hybridized carbons (Fsp3) is 0.385. The molecule has 0 aromatic heterocycles. The number of hydrogen-bond acceptors (Lipinski definition) is 1.